The average molecular weight is 348 g/mol. The van der Waals surface area contributed by atoms with E-state index in [2.05, 4.69) is 16.4 Å². The fourth-order valence-electron chi connectivity index (χ4n) is 3.01. The van der Waals surface area contributed by atoms with E-state index in [1.54, 1.807) is 30.2 Å². The lowest BCUT2D eigenvalue weighted by atomic mass is 10.0. The maximum atomic E-state index is 12.5. The summed E-state index contributed by atoms with van der Waals surface area (Å²) in [6, 6.07) is 17.5. The van der Waals surface area contributed by atoms with Crippen LogP contribution in [0.15, 0.2) is 54.9 Å². The SMILES string of the molecule is N#CC1(NC(=O)c2ccc(-n3cnc4ccccc43)cc2)CCSC1. The number of hydrogen-bond donors (Lipinski definition) is 1. The topological polar surface area (TPSA) is 70.7 Å². The van der Waals surface area contributed by atoms with Crippen molar-refractivity contribution in [1.29, 1.82) is 5.26 Å². The maximum Gasteiger partial charge on any atom is 0.252 e. The molecule has 0 aliphatic carbocycles. The standard InChI is InChI=1S/C19H16N4OS/c20-11-19(9-10-25-12-19)22-18(24)14-5-7-15(8-6-14)23-13-21-16-3-1-2-4-17(16)23/h1-8,13H,9-10,12H2,(H,22,24). The van der Waals surface area contributed by atoms with Gasteiger partial charge in [-0.15, -0.1) is 0 Å². The molecule has 1 amide bonds. The molecular formula is C19H16N4OS. The van der Waals surface area contributed by atoms with Crippen molar-refractivity contribution in [3.8, 4) is 11.8 Å². The fourth-order valence-corrected chi connectivity index (χ4v) is 4.27. The summed E-state index contributed by atoms with van der Waals surface area (Å²) in [7, 11) is 0. The molecule has 0 radical (unpaired) electrons. The van der Waals surface area contributed by atoms with Gasteiger partial charge in [-0.3, -0.25) is 9.36 Å². The first-order chi connectivity index (χ1) is 12.2. The number of carbonyl (C=O) groups is 1. The Morgan fingerprint density at radius 3 is 2.76 bits per heavy atom. The summed E-state index contributed by atoms with van der Waals surface area (Å²) in [5, 5.41) is 12.3. The second kappa shape index (κ2) is 6.26. The molecule has 1 saturated heterocycles. The number of nitrogens with one attached hydrogen (secondary N) is 1. The lowest BCUT2D eigenvalue weighted by Gasteiger charge is -2.21. The summed E-state index contributed by atoms with van der Waals surface area (Å²) in [5.74, 6) is 1.35. The monoisotopic (exact) mass is 348 g/mol. The zero-order valence-corrected chi connectivity index (χ0v) is 14.3. The smallest absolute Gasteiger partial charge is 0.252 e. The molecule has 0 bridgehead atoms. The van der Waals surface area contributed by atoms with E-state index < -0.39 is 5.54 Å². The molecule has 1 aliphatic rings. The van der Waals surface area contributed by atoms with Crippen LogP contribution >= 0.6 is 11.8 Å². The highest BCUT2D eigenvalue weighted by molar-refractivity contribution is 7.99. The zero-order valence-electron chi connectivity index (χ0n) is 13.5. The number of nitriles is 1. The van der Waals surface area contributed by atoms with Gasteiger partial charge >= 0.3 is 0 Å². The average Bonchev–Trinajstić information content (AvgIpc) is 3.29. The van der Waals surface area contributed by atoms with Crippen molar-refractivity contribution in [3.05, 3.63) is 60.4 Å². The number of thioether (sulfide) groups is 1. The number of benzene rings is 2. The third-order valence-corrected chi connectivity index (χ3v) is 5.64. The van der Waals surface area contributed by atoms with E-state index in [1.165, 1.54) is 0 Å². The van der Waals surface area contributed by atoms with Crippen molar-refractivity contribution in [3.63, 3.8) is 0 Å². The Hall–Kier alpha value is -2.78. The summed E-state index contributed by atoms with van der Waals surface area (Å²) in [4.78, 5) is 16.9. The summed E-state index contributed by atoms with van der Waals surface area (Å²) < 4.78 is 1.99. The van der Waals surface area contributed by atoms with Crippen molar-refractivity contribution in [2.75, 3.05) is 11.5 Å². The molecule has 3 aromatic rings. The van der Waals surface area contributed by atoms with Crippen molar-refractivity contribution in [2.24, 2.45) is 0 Å². The predicted octanol–water partition coefficient (Wildman–Crippen LogP) is 3.15. The fraction of sp³-hybridized carbons (Fsp3) is 0.211. The molecule has 0 saturated carbocycles. The van der Waals surface area contributed by atoms with Crippen LogP contribution in [0.3, 0.4) is 0 Å². The van der Waals surface area contributed by atoms with Gasteiger partial charge in [0.25, 0.3) is 5.91 Å². The van der Waals surface area contributed by atoms with Gasteiger partial charge in [0.15, 0.2) is 0 Å². The number of aromatic nitrogens is 2. The minimum Gasteiger partial charge on any atom is -0.333 e. The van der Waals surface area contributed by atoms with Crippen LogP contribution in [-0.2, 0) is 0 Å². The minimum atomic E-state index is -0.735. The van der Waals surface area contributed by atoms with Gasteiger partial charge in [-0.05, 0) is 48.6 Å². The number of nitrogens with zero attached hydrogens (tertiary/aromatic N) is 3. The van der Waals surface area contributed by atoms with Crippen molar-refractivity contribution in [2.45, 2.75) is 12.0 Å². The lowest BCUT2D eigenvalue weighted by Crippen LogP contribution is -2.47. The maximum absolute atomic E-state index is 12.5. The molecule has 25 heavy (non-hydrogen) atoms. The molecule has 2 heterocycles. The van der Waals surface area contributed by atoms with Gasteiger partial charge < -0.3 is 5.32 Å². The number of carbonyl (C=O) groups excluding carboxylic acids is 1. The van der Waals surface area contributed by atoms with Crippen LogP contribution in [0.2, 0.25) is 0 Å². The molecule has 1 aliphatic heterocycles. The molecule has 1 fully saturated rings. The van der Waals surface area contributed by atoms with Crippen molar-refractivity contribution >= 4 is 28.7 Å². The number of fused-ring (bicyclic) bond motifs is 1. The normalized spacial score (nSPS) is 19.6. The first-order valence-corrected chi connectivity index (χ1v) is 9.20. The van der Waals surface area contributed by atoms with Crippen LogP contribution < -0.4 is 5.32 Å². The van der Waals surface area contributed by atoms with Crippen LogP contribution in [0.4, 0.5) is 0 Å². The van der Waals surface area contributed by atoms with Gasteiger partial charge in [0.1, 0.15) is 11.9 Å². The second-order valence-electron chi connectivity index (χ2n) is 6.10. The molecule has 5 nitrogen and oxygen atoms in total. The highest BCUT2D eigenvalue weighted by Crippen LogP contribution is 2.27. The lowest BCUT2D eigenvalue weighted by molar-refractivity contribution is 0.0926. The van der Waals surface area contributed by atoms with Crippen LogP contribution in [0.1, 0.15) is 16.8 Å². The van der Waals surface area contributed by atoms with Crippen LogP contribution in [-0.4, -0.2) is 32.5 Å². The largest absolute Gasteiger partial charge is 0.333 e. The molecule has 124 valence electrons. The number of amides is 1. The quantitative estimate of drug-likeness (QED) is 0.789. The highest BCUT2D eigenvalue weighted by atomic mass is 32.2. The Balaban J connectivity index is 1.58. The predicted molar refractivity (Wildman–Crippen MR) is 98.8 cm³/mol. The molecule has 4 rings (SSSR count). The minimum absolute atomic E-state index is 0.203. The molecule has 6 heteroatoms. The van der Waals surface area contributed by atoms with E-state index >= 15 is 0 Å². The number of para-hydroxylation sites is 2. The number of hydrogen-bond acceptors (Lipinski definition) is 4. The molecule has 2 aromatic carbocycles. The van der Waals surface area contributed by atoms with E-state index in [0.717, 1.165) is 22.5 Å². The molecule has 1 atom stereocenters. The van der Waals surface area contributed by atoms with E-state index in [-0.39, 0.29) is 5.91 Å². The summed E-state index contributed by atoms with van der Waals surface area (Å²) in [6.07, 6.45) is 2.47. The molecule has 0 spiro atoms. The number of rotatable bonds is 3. The van der Waals surface area contributed by atoms with Crippen LogP contribution in [0.25, 0.3) is 16.7 Å². The zero-order chi connectivity index (χ0) is 17.3. The van der Waals surface area contributed by atoms with Gasteiger partial charge in [-0.25, -0.2) is 4.98 Å². The Morgan fingerprint density at radius 2 is 2.04 bits per heavy atom. The Bertz CT molecular complexity index is 965. The summed E-state index contributed by atoms with van der Waals surface area (Å²) in [6.45, 7) is 0. The Kier molecular flexibility index (Phi) is 3.94. The van der Waals surface area contributed by atoms with Gasteiger partial charge in [-0.2, -0.15) is 17.0 Å². The van der Waals surface area contributed by atoms with E-state index in [4.69, 9.17) is 0 Å². The van der Waals surface area contributed by atoms with Gasteiger partial charge in [0.2, 0.25) is 0 Å². The van der Waals surface area contributed by atoms with E-state index in [1.807, 2.05) is 41.0 Å². The van der Waals surface area contributed by atoms with Gasteiger partial charge in [-0.1, -0.05) is 12.1 Å². The van der Waals surface area contributed by atoms with E-state index in [0.29, 0.717) is 17.7 Å². The number of imidazole rings is 1. The Morgan fingerprint density at radius 1 is 1.24 bits per heavy atom. The molecular weight excluding hydrogens is 332 g/mol. The van der Waals surface area contributed by atoms with E-state index in [9.17, 15) is 10.1 Å². The molecule has 1 N–H and O–H groups in total. The summed E-state index contributed by atoms with van der Waals surface area (Å²) in [5.41, 5.74) is 2.71. The third-order valence-electron chi connectivity index (χ3n) is 4.45. The first-order valence-electron chi connectivity index (χ1n) is 8.05. The molecule has 1 aromatic heterocycles. The van der Waals surface area contributed by atoms with Crippen LogP contribution in [0.5, 0.6) is 0 Å². The van der Waals surface area contributed by atoms with Crippen molar-refractivity contribution < 1.29 is 4.79 Å². The summed E-state index contributed by atoms with van der Waals surface area (Å²) >= 11 is 1.70. The first kappa shape index (κ1) is 15.7. The molecule has 1 unspecified atom stereocenters. The van der Waals surface area contributed by atoms with Gasteiger partial charge in [0.05, 0.1) is 17.1 Å². The second-order valence-corrected chi connectivity index (χ2v) is 7.21. The van der Waals surface area contributed by atoms with Crippen LogP contribution in [0, 0.1) is 11.3 Å². The van der Waals surface area contributed by atoms with Crippen molar-refractivity contribution in [1.82, 2.24) is 14.9 Å². The van der Waals surface area contributed by atoms with Gasteiger partial charge in [0, 0.05) is 17.0 Å². The third kappa shape index (κ3) is 2.87. The Labute approximate surface area is 149 Å². The highest BCUT2D eigenvalue weighted by Gasteiger charge is 2.36.